The standard InChI is InChI=1S/C19H30N6.HI/c1-15-13-16(2)25(23-15)12-6-11-21-19(20-3)22-14-17-7-9-18(10-8-17)24(4)5;/h7-10,13H,6,11-12,14H2,1-5H3,(H2,20,21,22);1H. The first-order valence-electron chi connectivity index (χ1n) is 8.71. The molecule has 1 heterocycles. The second kappa shape index (κ2) is 11.1. The molecule has 0 fully saturated rings. The maximum Gasteiger partial charge on any atom is 0.191 e. The van der Waals surface area contributed by atoms with E-state index < -0.39 is 0 Å². The summed E-state index contributed by atoms with van der Waals surface area (Å²) < 4.78 is 2.06. The van der Waals surface area contributed by atoms with Gasteiger partial charge in [0.2, 0.25) is 0 Å². The molecular formula is C19H31IN6. The molecule has 2 N–H and O–H groups in total. The third-order valence-corrected chi connectivity index (χ3v) is 4.08. The molecule has 0 aliphatic rings. The Hall–Kier alpha value is -1.77. The van der Waals surface area contributed by atoms with Gasteiger partial charge in [-0.15, -0.1) is 24.0 Å². The summed E-state index contributed by atoms with van der Waals surface area (Å²) in [6.07, 6.45) is 1.00. The Kier molecular flexibility index (Phi) is 9.47. The molecule has 0 unspecified atom stereocenters. The van der Waals surface area contributed by atoms with Crippen molar-refractivity contribution in [1.29, 1.82) is 0 Å². The average molecular weight is 470 g/mol. The van der Waals surface area contributed by atoms with Gasteiger partial charge in [0.15, 0.2) is 5.96 Å². The van der Waals surface area contributed by atoms with Crippen molar-refractivity contribution in [1.82, 2.24) is 20.4 Å². The molecule has 0 aliphatic carbocycles. The van der Waals surface area contributed by atoms with E-state index in [0.29, 0.717) is 0 Å². The van der Waals surface area contributed by atoms with E-state index in [1.54, 1.807) is 7.05 Å². The van der Waals surface area contributed by atoms with Crippen LogP contribution in [0.5, 0.6) is 0 Å². The number of rotatable bonds is 7. The summed E-state index contributed by atoms with van der Waals surface area (Å²) >= 11 is 0. The van der Waals surface area contributed by atoms with Crippen LogP contribution in [-0.4, -0.2) is 43.4 Å². The molecule has 26 heavy (non-hydrogen) atoms. The summed E-state index contributed by atoms with van der Waals surface area (Å²) in [7, 11) is 5.89. The highest BCUT2D eigenvalue weighted by Gasteiger charge is 2.02. The Morgan fingerprint density at radius 3 is 2.38 bits per heavy atom. The molecule has 0 aliphatic heterocycles. The molecule has 0 saturated carbocycles. The topological polar surface area (TPSA) is 57.5 Å². The zero-order chi connectivity index (χ0) is 18.2. The minimum atomic E-state index is 0. The van der Waals surface area contributed by atoms with Gasteiger partial charge >= 0.3 is 0 Å². The number of anilines is 1. The minimum absolute atomic E-state index is 0. The lowest BCUT2D eigenvalue weighted by atomic mass is 10.2. The van der Waals surface area contributed by atoms with E-state index >= 15 is 0 Å². The molecule has 6 nitrogen and oxygen atoms in total. The molecule has 1 aromatic carbocycles. The van der Waals surface area contributed by atoms with Crippen molar-refractivity contribution in [3.05, 3.63) is 47.3 Å². The molecule has 144 valence electrons. The summed E-state index contributed by atoms with van der Waals surface area (Å²) in [6.45, 7) is 6.65. The summed E-state index contributed by atoms with van der Waals surface area (Å²) in [5.41, 5.74) is 4.72. The summed E-state index contributed by atoms with van der Waals surface area (Å²) in [4.78, 5) is 6.38. The maximum absolute atomic E-state index is 4.48. The third-order valence-electron chi connectivity index (χ3n) is 4.08. The van der Waals surface area contributed by atoms with Gasteiger partial charge in [-0.2, -0.15) is 5.10 Å². The number of nitrogens with one attached hydrogen (secondary N) is 2. The average Bonchev–Trinajstić information content (AvgIpc) is 2.92. The molecule has 0 saturated heterocycles. The van der Waals surface area contributed by atoms with Crippen LogP contribution in [0.15, 0.2) is 35.3 Å². The van der Waals surface area contributed by atoms with Gasteiger partial charge in [-0.05, 0) is 44.0 Å². The zero-order valence-corrected chi connectivity index (χ0v) is 18.7. The van der Waals surface area contributed by atoms with Crippen molar-refractivity contribution in [2.45, 2.75) is 33.4 Å². The van der Waals surface area contributed by atoms with E-state index in [2.05, 4.69) is 67.6 Å². The number of nitrogens with zero attached hydrogens (tertiary/aromatic N) is 4. The van der Waals surface area contributed by atoms with Crippen LogP contribution in [0.1, 0.15) is 23.4 Å². The number of hydrogen-bond donors (Lipinski definition) is 2. The predicted molar refractivity (Wildman–Crippen MR) is 121 cm³/mol. The maximum atomic E-state index is 4.48. The SMILES string of the molecule is CN=C(NCCCn1nc(C)cc1C)NCc1ccc(N(C)C)cc1.I. The van der Waals surface area contributed by atoms with E-state index in [4.69, 9.17) is 0 Å². The zero-order valence-electron chi connectivity index (χ0n) is 16.4. The number of hydrogen-bond acceptors (Lipinski definition) is 3. The first kappa shape index (κ1) is 22.3. The fraction of sp³-hybridized carbons (Fsp3) is 0.474. The molecular weight excluding hydrogens is 439 g/mol. The quantitative estimate of drug-likeness (QED) is 0.283. The Bertz CT molecular complexity index is 691. The Balaban J connectivity index is 0.00000338. The molecule has 0 radical (unpaired) electrons. The second-order valence-electron chi connectivity index (χ2n) is 6.42. The molecule has 0 atom stereocenters. The van der Waals surface area contributed by atoms with Gasteiger partial charge in [0.1, 0.15) is 0 Å². The summed E-state index contributed by atoms with van der Waals surface area (Å²) in [6, 6.07) is 10.6. The Morgan fingerprint density at radius 1 is 1.15 bits per heavy atom. The normalized spacial score (nSPS) is 11.0. The first-order chi connectivity index (χ1) is 12.0. The molecule has 0 amide bonds. The van der Waals surface area contributed by atoms with Crippen molar-refractivity contribution in [2.24, 2.45) is 4.99 Å². The van der Waals surface area contributed by atoms with Crippen LogP contribution in [0.2, 0.25) is 0 Å². The van der Waals surface area contributed by atoms with E-state index in [1.807, 2.05) is 21.0 Å². The number of halogens is 1. The highest BCUT2D eigenvalue weighted by molar-refractivity contribution is 14.0. The lowest BCUT2D eigenvalue weighted by molar-refractivity contribution is 0.555. The van der Waals surface area contributed by atoms with Gasteiger partial charge < -0.3 is 15.5 Å². The van der Waals surface area contributed by atoms with Gasteiger partial charge in [0.05, 0.1) is 5.69 Å². The van der Waals surface area contributed by atoms with Gasteiger partial charge in [-0.25, -0.2) is 0 Å². The molecule has 2 rings (SSSR count). The van der Waals surface area contributed by atoms with Gasteiger partial charge in [-0.3, -0.25) is 9.67 Å². The van der Waals surface area contributed by atoms with Crippen LogP contribution in [0, 0.1) is 13.8 Å². The number of aryl methyl sites for hydroxylation is 3. The number of aliphatic imine (C=N–C) groups is 1. The highest BCUT2D eigenvalue weighted by atomic mass is 127. The summed E-state index contributed by atoms with van der Waals surface area (Å²) in [5.74, 6) is 0.824. The van der Waals surface area contributed by atoms with Crippen LogP contribution in [-0.2, 0) is 13.1 Å². The monoisotopic (exact) mass is 470 g/mol. The third kappa shape index (κ3) is 6.86. The van der Waals surface area contributed by atoms with Gasteiger partial charge in [0.25, 0.3) is 0 Å². The van der Waals surface area contributed by atoms with E-state index in [0.717, 1.165) is 37.7 Å². The number of guanidine groups is 1. The number of aromatic nitrogens is 2. The van der Waals surface area contributed by atoms with Crippen LogP contribution in [0.4, 0.5) is 5.69 Å². The second-order valence-corrected chi connectivity index (χ2v) is 6.42. The molecule has 0 bridgehead atoms. The van der Waals surface area contributed by atoms with Crippen molar-refractivity contribution in [3.8, 4) is 0 Å². The Labute approximate surface area is 174 Å². The van der Waals surface area contributed by atoms with Crippen molar-refractivity contribution in [2.75, 3.05) is 32.6 Å². The van der Waals surface area contributed by atoms with Crippen LogP contribution in [0.25, 0.3) is 0 Å². The molecule has 1 aromatic heterocycles. The van der Waals surface area contributed by atoms with E-state index in [9.17, 15) is 0 Å². The van der Waals surface area contributed by atoms with E-state index in [-0.39, 0.29) is 24.0 Å². The first-order valence-corrected chi connectivity index (χ1v) is 8.71. The largest absolute Gasteiger partial charge is 0.378 e. The van der Waals surface area contributed by atoms with Crippen molar-refractivity contribution >= 4 is 35.6 Å². The molecule has 0 spiro atoms. The predicted octanol–water partition coefficient (Wildman–Crippen LogP) is 2.94. The van der Waals surface area contributed by atoms with Gasteiger partial charge in [0, 0.05) is 52.2 Å². The highest BCUT2D eigenvalue weighted by Crippen LogP contribution is 2.11. The van der Waals surface area contributed by atoms with E-state index in [1.165, 1.54) is 16.9 Å². The fourth-order valence-electron chi connectivity index (χ4n) is 2.66. The number of benzene rings is 1. The van der Waals surface area contributed by atoms with Crippen molar-refractivity contribution in [3.63, 3.8) is 0 Å². The lowest BCUT2D eigenvalue weighted by Crippen LogP contribution is -2.37. The van der Waals surface area contributed by atoms with Crippen LogP contribution in [0.3, 0.4) is 0 Å². The molecule has 2 aromatic rings. The fourth-order valence-corrected chi connectivity index (χ4v) is 2.66. The molecule has 7 heteroatoms. The van der Waals surface area contributed by atoms with Crippen LogP contribution < -0.4 is 15.5 Å². The van der Waals surface area contributed by atoms with Crippen LogP contribution >= 0.6 is 24.0 Å². The summed E-state index contributed by atoms with van der Waals surface area (Å²) in [5, 5.41) is 11.2. The van der Waals surface area contributed by atoms with Crippen molar-refractivity contribution < 1.29 is 0 Å². The van der Waals surface area contributed by atoms with Gasteiger partial charge in [-0.1, -0.05) is 12.1 Å². The smallest absolute Gasteiger partial charge is 0.191 e. The lowest BCUT2D eigenvalue weighted by Gasteiger charge is -2.14. The Morgan fingerprint density at radius 2 is 1.85 bits per heavy atom. The minimum Gasteiger partial charge on any atom is -0.378 e.